The number of carbonyl (C=O) groups is 1. The van der Waals surface area contributed by atoms with Crippen molar-refractivity contribution in [2.24, 2.45) is 5.92 Å². The standard InChI is InChI=1S/C20H25N5O3/c1-13(26)16-3-2-15(10-21-16)17-11-22-19-20(23-17)25(12-18(27)24-19)7-4-14-5-8-28-9-6-14/h2-3,10-11,13-14,26H,4-9,12H2,1H3,(H,22,24,27). The second-order valence-electron chi connectivity index (χ2n) is 7.39. The molecule has 148 valence electrons. The van der Waals surface area contributed by atoms with E-state index in [0.29, 0.717) is 28.9 Å². The number of aliphatic hydroxyl groups excluding tert-OH is 1. The summed E-state index contributed by atoms with van der Waals surface area (Å²) in [7, 11) is 0. The van der Waals surface area contributed by atoms with Gasteiger partial charge in [-0.25, -0.2) is 9.97 Å². The molecule has 0 spiro atoms. The maximum atomic E-state index is 12.1. The Bertz CT molecular complexity index is 834. The predicted octanol–water partition coefficient (Wildman–Crippen LogP) is 2.17. The highest BCUT2D eigenvalue weighted by Gasteiger charge is 2.26. The number of anilines is 2. The van der Waals surface area contributed by atoms with Gasteiger partial charge in [-0.05, 0) is 44.2 Å². The summed E-state index contributed by atoms with van der Waals surface area (Å²) >= 11 is 0. The minimum Gasteiger partial charge on any atom is -0.387 e. The quantitative estimate of drug-likeness (QED) is 0.816. The summed E-state index contributed by atoms with van der Waals surface area (Å²) in [6.45, 7) is 4.37. The van der Waals surface area contributed by atoms with Gasteiger partial charge in [0, 0.05) is 31.5 Å². The van der Waals surface area contributed by atoms with Crippen molar-refractivity contribution in [3.05, 3.63) is 30.2 Å². The number of hydrogen-bond acceptors (Lipinski definition) is 7. The maximum Gasteiger partial charge on any atom is 0.245 e. The van der Waals surface area contributed by atoms with Crippen molar-refractivity contribution in [2.45, 2.75) is 32.3 Å². The Morgan fingerprint density at radius 1 is 1.29 bits per heavy atom. The number of ether oxygens (including phenoxy) is 1. The molecule has 0 aliphatic carbocycles. The fraction of sp³-hybridized carbons (Fsp3) is 0.500. The lowest BCUT2D eigenvalue weighted by Gasteiger charge is -2.31. The smallest absolute Gasteiger partial charge is 0.245 e. The summed E-state index contributed by atoms with van der Waals surface area (Å²) in [6.07, 6.45) is 5.86. The summed E-state index contributed by atoms with van der Waals surface area (Å²) in [5, 5.41) is 12.4. The number of pyridine rings is 1. The molecule has 0 saturated carbocycles. The number of carbonyl (C=O) groups excluding carboxylic acids is 1. The van der Waals surface area contributed by atoms with Crippen molar-refractivity contribution in [2.75, 3.05) is 36.5 Å². The molecule has 1 fully saturated rings. The highest BCUT2D eigenvalue weighted by atomic mass is 16.5. The third-order valence-corrected chi connectivity index (χ3v) is 5.30. The molecule has 4 rings (SSSR count). The largest absolute Gasteiger partial charge is 0.387 e. The van der Waals surface area contributed by atoms with E-state index in [-0.39, 0.29) is 12.5 Å². The van der Waals surface area contributed by atoms with Crippen LogP contribution in [0.15, 0.2) is 24.5 Å². The molecule has 2 aliphatic rings. The lowest BCUT2D eigenvalue weighted by molar-refractivity contribution is -0.115. The van der Waals surface area contributed by atoms with Crippen LogP contribution in [0, 0.1) is 5.92 Å². The van der Waals surface area contributed by atoms with Gasteiger partial charge in [-0.3, -0.25) is 9.78 Å². The van der Waals surface area contributed by atoms with Crippen molar-refractivity contribution in [3.8, 4) is 11.3 Å². The molecule has 8 heteroatoms. The number of amides is 1. The van der Waals surface area contributed by atoms with Gasteiger partial charge in [0.2, 0.25) is 5.91 Å². The first-order valence-electron chi connectivity index (χ1n) is 9.74. The molecule has 4 heterocycles. The van der Waals surface area contributed by atoms with Crippen molar-refractivity contribution in [1.29, 1.82) is 0 Å². The van der Waals surface area contributed by atoms with Crippen molar-refractivity contribution in [1.82, 2.24) is 15.0 Å². The van der Waals surface area contributed by atoms with Gasteiger partial charge in [0.15, 0.2) is 11.6 Å². The first-order valence-corrected chi connectivity index (χ1v) is 9.74. The van der Waals surface area contributed by atoms with E-state index in [0.717, 1.165) is 44.6 Å². The van der Waals surface area contributed by atoms with Crippen LogP contribution < -0.4 is 10.2 Å². The zero-order valence-corrected chi connectivity index (χ0v) is 16.0. The van der Waals surface area contributed by atoms with Crippen molar-refractivity contribution in [3.63, 3.8) is 0 Å². The number of hydrogen-bond donors (Lipinski definition) is 2. The molecule has 2 N–H and O–H groups in total. The highest BCUT2D eigenvalue weighted by molar-refractivity contribution is 5.99. The molecule has 1 saturated heterocycles. The monoisotopic (exact) mass is 383 g/mol. The third-order valence-electron chi connectivity index (χ3n) is 5.30. The van der Waals surface area contributed by atoms with E-state index in [1.165, 1.54) is 0 Å². The summed E-state index contributed by atoms with van der Waals surface area (Å²) in [6, 6.07) is 3.66. The highest BCUT2D eigenvalue weighted by Crippen LogP contribution is 2.30. The second kappa shape index (κ2) is 8.20. The maximum absolute atomic E-state index is 12.1. The van der Waals surface area contributed by atoms with Gasteiger partial charge in [-0.1, -0.05) is 0 Å². The summed E-state index contributed by atoms with van der Waals surface area (Å²) in [5.41, 5.74) is 2.12. The third kappa shape index (κ3) is 4.13. The zero-order valence-electron chi connectivity index (χ0n) is 16.0. The molecule has 0 radical (unpaired) electrons. The fourth-order valence-corrected chi connectivity index (χ4v) is 3.61. The number of aromatic nitrogens is 3. The molecule has 28 heavy (non-hydrogen) atoms. The average molecular weight is 383 g/mol. The summed E-state index contributed by atoms with van der Waals surface area (Å²) in [4.78, 5) is 27.5. The lowest BCUT2D eigenvalue weighted by Crippen LogP contribution is -2.40. The van der Waals surface area contributed by atoms with Crippen LogP contribution in [0.3, 0.4) is 0 Å². The Morgan fingerprint density at radius 2 is 2.11 bits per heavy atom. The zero-order chi connectivity index (χ0) is 19.5. The van der Waals surface area contributed by atoms with Crippen LogP contribution in [-0.2, 0) is 9.53 Å². The normalized spacial score (nSPS) is 18.5. The van der Waals surface area contributed by atoms with Crippen LogP contribution >= 0.6 is 0 Å². The molecule has 1 unspecified atom stereocenters. The van der Waals surface area contributed by atoms with E-state index >= 15 is 0 Å². The van der Waals surface area contributed by atoms with E-state index in [4.69, 9.17) is 9.72 Å². The minimum atomic E-state index is -0.612. The van der Waals surface area contributed by atoms with Gasteiger partial charge in [0.05, 0.1) is 30.2 Å². The SMILES string of the molecule is CC(O)c1ccc(-c2cnc3c(n2)N(CCC2CCOCC2)CC(=O)N3)cn1. The number of rotatable bonds is 5. The molecule has 1 amide bonds. The van der Waals surface area contributed by atoms with Gasteiger partial charge in [0.25, 0.3) is 0 Å². The molecule has 2 aliphatic heterocycles. The lowest BCUT2D eigenvalue weighted by atomic mass is 9.96. The second-order valence-corrected chi connectivity index (χ2v) is 7.39. The van der Waals surface area contributed by atoms with Crippen LogP contribution in [0.1, 0.15) is 38.0 Å². The topological polar surface area (TPSA) is 100 Å². The number of fused-ring (bicyclic) bond motifs is 1. The number of aliphatic hydroxyl groups is 1. The van der Waals surface area contributed by atoms with E-state index in [1.807, 2.05) is 11.0 Å². The van der Waals surface area contributed by atoms with Crippen LogP contribution in [0.5, 0.6) is 0 Å². The van der Waals surface area contributed by atoms with Crippen LogP contribution in [0.25, 0.3) is 11.3 Å². The van der Waals surface area contributed by atoms with Gasteiger partial charge < -0.3 is 20.1 Å². The molecule has 2 aromatic rings. The Labute approximate surface area is 164 Å². The first kappa shape index (κ1) is 18.8. The van der Waals surface area contributed by atoms with Crippen LogP contribution in [0.4, 0.5) is 11.6 Å². The van der Waals surface area contributed by atoms with Crippen LogP contribution in [0.2, 0.25) is 0 Å². The Hall–Kier alpha value is -2.58. The number of nitrogens with one attached hydrogen (secondary N) is 1. The number of nitrogens with zero attached hydrogens (tertiary/aromatic N) is 4. The molecular formula is C20H25N5O3. The van der Waals surface area contributed by atoms with Gasteiger partial charge in [0.1, 0.15) is 0 Å². The molecule has 8 nitrogen and oxygen atoms in total. The van der Waals surface area contributed by atoms with Crippen LogP contribution in [-0.4, -0.2) is 52.3 Å². The molecule has 0 bridgehead atoms. The van der Waals surface area contributed by atoms with Crippen molar-refractivity contribution >= 4 is 17.5 Å². The van der Waals surface area contributed by atoms with Gasteiger partial charge >= 0.3 is 0 Å². The van der Waals surface area contributed by atoms with Gasteiger partial charge in [-0.15, -0.1) is 0 Å². The Morgan fingerprint density at radius 3 is 2.82 bits per heavy atom. The average Bonchev–Trinajstić information content (AvgIpc) is 2.72. The fourth-order valence-electron chi connectivity index (χ4n) is 3.61. The van der Waals surface area contributed by atoms with E-state index in [1.54, 1.807) is 25.4 Å². The van der Waals surface area contributed by atoms with E-state index in [2.05, 4.69) is 15.3 Å². The Kier molecular flexibility index (Phi) is 5.50. The summed E-state index contributed by atoms with van der Waals surface area (Å²) in [5.74, 6) is 1.75. The van der Waals surface area contributed by atoms with Gasteiger partial charge in [-0.2, -0.15) is 0 Å². The van der Waals surface area contributed by atoms with E-state index < -0.39 is 6.10 Å². The first-order chi connectivity index (χ1) is 13.6. The molecule has 0 aromatic carbocycles. The molecule has 1 atom stereocenters. The Balaban J connectivity index is 1.55. The van der Waals surface area contributed by atoms with Crippen molar-refractivity contribution < 1.29 is 14.6 Å². The molecular weight excluding hydrogens is 358 g/mol. The predicted molar refractivity (Wildman–Crippen MR) is 105 cm³/mol. The molecule has 2 aromatic heterocycles. The van der Waals surface area contributed by atoms with E-state index in [9.17, 15) is 9.90 Å². The summed E-state index contributed by atoms with van der Waals surface area (Å²) < 4.78 is 5.43. The minimum absolute atomic E-state index is 0.0653.